The smallest absolute Gasteiger partial charge is 0.307 e. The molecule has 0 aliphatic rings. The van der Waals surface area contributed by atoms with Crippen LogP contribution in [-0.2, 0) is 16.2 Å². The highest BCUT2D eigenvalue weighted by atomic mass is 35.5. The molecule has 10 heteroatoms. The second-order valence-corrected chi connectivity index (χ2v) is 8.66. The van der Waals surface area contributed by atoms with E-state index in [9.17, 15) is 21.6 Å². The summed E-state index contributed by atoms with van der Waals surface area (Å²) in [5.41, 5.74) is -0.502. The number of likely N-dealkylation sites (N-methyl/N-ethyl adjacent to an activating group) is 1. The van der Waals surface area contributed by atoms with E-state index in [4.69, 9.17) is 23.2 Å². The molecule has 0 unspecified atom stereocenters. The number of nitrogens with one attached hydrogen (secondary N) is 1. The van der Waals surface area contributed by atoms with Crippen LogP contribution < -0.4 is 4.72 Å². The predicted octanol–water partition coefficient (Wildman–Crippen LogP) is 4.59. The first-order valence-corrected chi connectivity index (χ1v) is 9.93. The predicted molar refractivity (Wildman–Crippen MR) is 99.5 cm³/mol. The number of hydrogen-bond acceptors (Lipinski definition) is 3. The van der Waals surface area contributed by atoms with Crippen molar-refractivity contribution in [2.24, 2.45) is 0 Å². The highest BCUT2D eigenvalue weighted by Crippen LogP contribution is 2.31. The lowest BCUT2D eigenvalue weighted by Gasteiger charge is -2.23. The maximum Gasteiger partial charge on any atom is 0.416 e. The number of benzene rings is 2. The Labute approximate surface area is 165 Å². The van der Waals surface area contributed by atoms with E-state index < -0.39 is 32.7 Å². The number of alkyl halides is 3. The second-order valence-electron chi connectivity index (χ2n) is 6.14. The first-order chi connectivity index (χ1) is 12.4. The van der Waals surface area contributed by atoms with E-state index in [1.165, 1.54) is 12.1 Å². The number of nitrogens with zero attached hydrogens (tertiary/aromatic N) is 1. The fourth-order valence-electron chi connectivity index (χ4n) is 2.40. The van der Waals surface area contributed by atoms with E-state index in [1.54, 1.807) is 25.1 Å². The Morgan fingerprint density at radius 1 is 1.07 bits per heavy atom. The molecule has 148 valence electrons. The molecule has 0 saturated heterocycles. The standard InChI is InChI=1S/C17H17Cl2F3N2O2S/c1-24(2)10-16(11-6-7-14(18)15(19)8-11)23-27(25,26)13-5-3-4-12(9-13)17(20,21)22/h3-9,16,23H,10H2,1-2H3/t16-/m1/s1. The monoisotopic (exact) mass is 440 g/mol. The second kappa shape index (κ2) is 8.36. The maximum atomic E-state index is 12.9. The topological polar surface area (TPSA) is 49.4 Å². The molecule has 2 aromatic rings. The van der Waals surface area contributed by atoms with Crippen LogP contribution in [0.4, 0.5) is 13.2 Å². The average molecular weight is 441 g/mol. The Hall–Kier alpha value is -1.32. The minimum atomic E-state index is -4.64. The van der Waals surface area contributed by atoms with Crippen molar-refractivity contribution in [3.63, 3.8) is 0 Å². The van der Waals surface area contributed by atoms with E-state index in [1.807, 2.05) is 0 Å². The van der Waals surface area contributed by atoms with Crippen LogP contribution in [-0.4, -0.2) is 34.0 Å². The Kier molecular flexibility index (Phi) is 6.81. The van der Waals surface area contributed by atoms with Crippen molar-refractivity contribution in [2.75, 3.05) is 20.6 Å². The van der Waals surface area contributed by atoms with Crippen LogP contribution in [0.25, 0.3) is 0 Å². The molecule has 2 aromatic carbocycles. The van der Waals surface area contributed by atoms with Gasteiger partial charge < -0.3 is 4.90 Å². The molecule has 2 rings (SSSR count). The fraction of sp³-hybridized carbons (Fsp3) is 0.294. The summed E-state index contributed by atoms with van der Waals surface area (Å²) in [6, 6.07) is 7.49. The summed E-state index contributed by atoms with van der Waals surface area (Å²) in [4.78, 5) is 1.27. The molecule has 0 aliphatic carbocycles. The van der Waals surface area contributed by atoms with Gasteiger partial charge in [-0.15, -0.1) is 0 Å². The summed E-state index contributed by atoms with van der Waals surface area (Å²) < 4.78 is 66.5. The van der Waals surface area contributed by atoms with Gasteiger partial charge in [0, 0.05) is 6.54 Å². The van der Waals surface area contributed by atoms with Crippen LogP contribution >= 0.6 is 23.2 Å². The average Bonchev–Trinajstić information content (AvgIpc) is 2.55. The molecule has 1 N–H and O–H groups in total. The van der Waals surface area contributed by atoms with Gasteiger partial charge in [-0.1, -0.05) is 35.3 Å². The third-order valence-corrected chi connectivity index (χ3v) is 5.87. The molecular weight excluding hydrogens is 424 g/mol. The first kappa shape index (κ1) is 22.0. The Morgan fingerprint density at radius 3 is 2.30 bits per heavy atom. The summed E-state index contributed by atoms with van der Waals surface area (Å²) in [7, 11) is -0.733. The number of rotatable bonds is 6. The lowest BCUT2D eigenvalue weighted by Crippen LogP contribution is -2.35. The zero-order valence-electron chi connectivity index (χ0n) is 14.4. The molecule has 4 nitrogen and oxygen atoms in total. The Bertz CT molecular complexity index is 919. The van der Waals surface area contributed by atoms with Crippen molar-refractivity contribution >= 4 is 33.2 Å². The molecule has 0 amide bonds. The van der Waals surface area contributed by atoms with Gasteiger partial charge in [0.25, 0.3) is 0 Å². The SMILES string of the molecule is CN(C)C[C@@H](NS(=O)(=O)c1cccc(C(F)(F)F)c1)c1ccc(Cl)c(Cl)c1. The van der Waals surface area contributed by atoms with Crippen molar-refractivity contribution in [1.82, 2.24) is 9.62 Å². The van der Waals surface area contributed by atoms with Gasteiger partial charge in [-0.3, -0.25) is 0 Å². The Balaban J connectivity index is 2.40. The summed E-state index contributed by atoms with van der Waals surface area (Å²) in [6.07, 6.45) is -4.64. The van der Waals surface area contributed by atoms with Crippen LogP contribution in [0.2, 0.25) is 10.0 Å². The fourth-order valence-corrected chi connectivity index (χ4v) is 3.97. The van der Waals surface area contributed by atoms with E-state index >= 15 is 0 Å². The molecule has 0 aliphatic heterocycles. The van der Waals surface area contributed by atoms with Gasteiger partial charge in [-0.2, -0.15) is 13.2 Å². The molecule has 0 saturated carbocycles. The van der Waals surface area contributed by atoms with E-state index in [0.29, 0.717) is 16.7 Å². The van der Waals surface area contributed by atoms with Crippen molar-refractivity contribution in [2.45, 2.75) is 17.1 Å². The zero-order valence-corrected chi connectivity index (χ0v) is 16.7. The van der Waals surface area contributed by atoms with Gasteiger partial charge in [-0.05, 0) is 50.0 Å². The summed E-state index contributed by atoms with van der Waals surface area (Å²) in [6.45, 7) is 0.260. The zero-order chi connectivity index (χ0) is 20.4. The van der Waals surface area contributed by atoms with Crippen molar-refractivity contribution in [3.05, 3.63) is 63.6 Å². The van der Waals surface area contributed by atoms with Crippen LogP contribution in [0.5, 0.6) is 0 Å². The van der Waals surface area contributed by atoms with E-state index in [0.717, 1.165) is 18.2 Å². The van der Waals surface area contributed by atoms with Crippen LogP contribution in [0.3, 0.4) is 0 Å². The third kappa shape index (κ3) is 5.83. The van der Waals surface area contributed by atoms with Crippen LogP contribution in [0.15, 0.2) is 47.4 Å². The van der Waals surface area contributed by atoms with Crippen molar-refractivity contribution < 1.29 is 21.6 Å². The van der Waals surface area contributed by atoms with Gasteiger partial charge in [0.15, 0.2) is 0 Å². The normalized spacial score (nSPS) is 13.8. The van der Waals surface area contributed by atoms with Crippen LogP contribution in [0, 0.1) is 0 Å². The molecule has 1 atom stereocenters. The molecule has 0 aromatic heterocycles. The van der Waals surface area contributed by atoms with Crippen molar-refractivity contribution in [1.29, 1.82) is 0 Å². The highest BCUT2D eigenvalue weighted by molar-refractivity contribution is 7.89. The van der Waals surface area contributed by atoms with E-state index in [2.05, 4.69) is 4.72 Å². The molecule has 0 fully saturated rings. The lowest BCUT2D eigenvalue weighted by atomic mass is 10.1. The summed E-state index contributed by atoms with van der Waals surface area (Å²) in [5, 5.41) is 0.556. The van der Waals surface area contributed by atoms with Crippen LogP contribution in [0.1, 0.15) is 17.2 Å². The number of halogens is 5. The minimum Gasteiger partial charge on any atom is -0.307 e. The molecule has 0 radical (unpaired) electrons. The molecular formula is C17H17Cl2F3N2O2S. The van der Waals surface area contributed by atoms with E-state index in [-0.39, 0.29) is 11.6 Å². The van der Waals surface area contributed by atoms with Gasteiger partial charge in [0.2, 0.25) is 10.0 Å². The number of hydrogen-bond donors (Lipinski definition) is 1. The Morgan fingerprint density at radius 2 is 1.74 bits per heavy atom. The van der Waals surface area contributed by atoms with Gasteiger partial charge in [0.1, 0.15) is 0 Å². The highest BCUT2D eigenvalue weighted by Gasteiger charge is 2.32. The lowest BCUT2D eigenvalue weighted by molar-refractivity contribution is -0.137. The quantitative estimate of drug-likeness (QED) is 0.714. The maximum absolute atomic E-state index is 12.9. The van der Waals surface area contributed by atoms with Gasteiger partial charge in [-0.25, -0.2) is 13.1 Å². The number of sulfonamides is 1. The summed E-state index contributed by atoms with van der Waals surface area (Å²) >= 11 is 11.9. The largest absolute Gasteiger partial charge is 0.416 e. The summed E-state index contributed by atoms with van der Waals surface area (Å²) in [5.74, 6) is 0. The van der Waals surface area contributed by atoms with Gasteiger partial charge in [0.05, 0.1) is 26.5 Å². The van der Waals surface area contributed by atoms with Gasteiger partial charge >= 0.3 is 6.18 Å². The minimum absolute atomic E-state index is 0.246. The third-order valence-electron chi connectivity index (χ3n) is 3.66. The molecule has 27 heavy (non-hydrogen) atoms. The first-order valence-electron chi connectivity index (χ1n) is 7.69. The molecule has 0 heterocycles. The molecule has 0 spiro atoms. The molecule has 0 bridgehead atoms. The van der Waals surface area contributed by atoms with Crippen molar-refractivity contribution in [3.8, 4) is 0 Å².